The van der Waals surface area contributed by atoms with E-state index in [-0.39, 0.29) is 29.9 Å². The van der Waals surface area contributed by atoms with E-state index >= 15 is 0 Å². The van der Waals surface area contributed by atoms with E-state index in [1.807, 2.05) is 6.92 Å². The van der Waals surface area contributed by atoms with Crippen LogP contribution in [0.15, 0.2) is 23.1 Å². The topological polar surface area (TPSA) is 76.2 Å². The molecule has 0 saturated carbocycles. The van der Waals surface area contributed by atoms with Gasteiger partial charge in [0.15, 0.2) is 0 Å². The SMILES string of the molecule is COCCN(CCOC)S(=O)(=O)c1ccc2c(c1)CC(C)N2C(C)=O. The molecule has 0 N–H and O–H groups in total. The van der Waals surface area contributed by atoms with Crippen LogP contribution in [0, 0.1) is 0 Å². The highest BCUT2D eigenvalue weighted by Gasteiger charge is 2.31. The zero-order valence-electron chi connectivity index (χ0n) is 15.2. The largest absolute Gasteiger partial charge is 0.383 e. The molecule has 1 aromatic rings. The second-order valence-corrected chi connectivity index (χ2v) is 8.06. The number of benzene rings is 1. The van der Waals surface area contributed by atoms with Gasteiger partial charge in [0.05, 0.1) is 18.1 Å². The zero-order chi connectivity index (χ0) is 18.6. The molecule has 0 saturated heterocycles. The predicted octanol–water partition coefficient (Wildman–Crippen LogP) is 1.27. The summed E-state index contributed by atoms with van der Waals surface area (Å²) in [6.45, 7) is 4.61. The zero-order valence-corrected chi connectivity index (χ0v) is 16.0. The summed E-state index contributed by atoms with van der Waals surface area (Å²) in [6.07, 6.45) is 0.647. The van der Waals surface area contributed by atoms with Gasteiger partial charge in [-0.1, -0.05) is 0 Å². The van der Waals surface area contributed by atoms with Crippen molar-refractivity contribution in [1.82, 2.24) is 4.31 Å². The van der Waals surface area contributed by atoms with E-state index < -0.39 is 10.0 Å². The summed E-state index contributed by atoms with van der Waals surface area (Å²) in [4.78, 5) is 13.8. The van der Waals surface area contributed by atoms with Crippen LogP contribution in [0.1, 0.15) is 19.4 Å². The molecule has 1 atom stereocenters. The molecule has 0 radical (unpaired) electrons. The van der Waals surface area contributed by atoms with Gasteiger partial charge in [-0.05, 0) is 37.1 Å². The first-order valence-electron chi connectivity index (χ1n) is 8.23. The molecule has 1 aliphatic rings. The molecule has 1 unspecified atom stereocenters. The highest BCUT2D eigenvalue weighted by atomic mass is 32.2. The molecule has 0 aromatic heterocycles. The van der Waals surface area contributed by atoms with Crippen molar-refractivity contribution in [3.63, 3.8) is 0 Å². The van der Waals surface area contributed by atoms with Crippen LogP contribution >= 0.6 is 0 Å². The van der Waals surface area contributed by atoms with E-state index in [1.165, 1.54) is 25.4 Å². The number of hydrogen-bond donors (Lipinski definition) is 0. The molecule has 1 aliphatic heterocycles. The Balaban J connectivity index is 2.33. The van der Waals surface area contributed by atoms with Crippen LogP contribution in [-0.4, -0.2) is 65.2 Å². The lowest BCUT2D eigenvalue weighted by atomic mass is 10.1. The molecule has 7 nitrogen and oxygen atoms in total. The first kappa shape index (κ1) is 19.8. The summed E-state index contributed by atoms with van der Waals surface area (Å²) >= 11 is 0. The van der Waals surface area contributed by atoms with Crippen LogP contribution in [0.25, 0.3) is 0 Å². The molecule has 8 heteroatoms. The Morgan fingerprint density at radius 2 is 1.84 bits per heavy atom. The quantitative estimate of drug-likeness (QED) is 0.689. The monoisotopic (exact) mass is 370 g/mol. The van der Waals surface area contributed by atoms with Crippen molar-refractivity contribution in [1.29, 1.82) is 0 Å². The summed E-state index contributed by atoms with van der Waals surface area (Å²) in [6, 6.07) is 4.99. The Morgan fingerprint density at radius 3 is 2.36 bits per heavy atom. The molecular weight excluding hydrogens is 344 g/mol. The van der Waals surface area contributed by atoms with E-state index in [2.05, 4.69) is 0 Å². The molecule has 0 aliphatic carbocycles. The maximum atomic E-state index is 13.0. The van der Waals surface area contributed by atoms with Gasteiger partial charge in [0.25, 0.3) is 0 Å². The fraction of sp³-hybridized carbons (Fsp3) is 0.588. The molecule has 140 valence electrons. The lowest BCUT2D eigenvalue weighted by Crippen LogP contribution is -2.36. The fourth-order valence-corrected chi connectivity index (χ4v) is 4.59. The third kappa shape index (κ3) is 4.20. The van der Waals surface area contributed by atoms with Gasteiger partial charge in [0.1, 0.15) is 0 Å². The van der Waals surface area contributed by atoms with Gasteiger partial charge in [-0.2, -0.15) is 4.31 Å². The highest BCUT2D eigenvalue weighted by Crippen LogP contribution is 2.34. The van der Waals surface area contributed by atoms with Crippen LogP contribution in [0.5, 0.6) is 0 Å². The Labute approximate surface area is 149 Å². The minimum atomic E-state index is -3.65. The summed E-state index contributed by atoms with van der Waals surface area (Å²) in [5, 5.41) is 0. The average Bonchev–Trinajstić information content (AvgIpc) is 2.89. The van der Waals surface area contributed by atoms with Crippen molar-refractivity contribution in [3.05, 3.63) is 23.8 Å². The number of rotatable bonds is 8. The number of hydrogen-bond acceptors (Lipinski definition) is 5. The predicted molar refractivity (Wildman–Crippen MR) is 95.3 cm³/mol. The van der Waals surface area contributed by atoms with Crippen molar-refractivity contribution >= 4 is 21.6 Å². The van der Waals surface area contributed by atoms with Gasteiger partial charge in [0.2, 0.25) is 15.9 Å². The van der Waals surface area contributed by atoms with E-state index in [4.69, 9.17) is 9.47 Å². The van der Waals surface area contributed by atoms with Crippen molar-refractivity contribution in [2.45, 2.75) is 31.2 Å². The fourth-order valence-electron chi connectivity index (χ4n) is 3.14. The van der Waals surface area contributed by atoms with Gasteiger partial charge in [0, 0.05) is 46.0 Å². The smallest absolute Gasteiger partial charge is 0.243 e. The number of fused-ring (bicyclic) bond motifs is 1. The van der Waals surface area contributed by atoms with Gasteiger partial charge < -0.3 is 14.4 Å². The number of carbonyl (C=O) groups is 1. The van der Waals surface area contributed by atoms with Crippen molar-refractivity contribution in [2.24, 2.45) is 0 Å². The number of carbonyl (C=O) groups excluding carboxylic acids is 1. The van der Waals surface area contributed by atoms with Gasteiger partial charge in [-0.3, -0.25) is 4.79 Å². The minimum absolute atomic E-state index is 0.0311. The molecule has 0 fully saturated rings. The molecule has 0 bridgehead atoms. The molecular formula is C17H26N2O5S. The molecule has 1 amide bonds. The number of anilines is 1. The van der Waals surface area contributed by atoms with Crippen LogP contribution in [-0.2, 0) is 30.7 Å². The second-order valence-electron chi connectivity index (χ2n) is 6.12. The Kier molecular flexibility index (Phi) is 6.56. The molecule has 0 spiro atoms. The number of amides is 1. The molecule has 1 aromatic carbocycles. The molecule has 2 rings (SSSR count). The van der Waals surface area contributed by atoms with E-state index in [1.54, 1.807) is 23.1 Å². The normalized spacial score (nSPS) is 17.2. The van der Waals surface area contributed by atoms with E-state index in [9.17, 15) is 13.2 Å². The van der Waals surface area contributed by atoms with Crippen LogP contribution in [0.3, 0.4) is 0 Å². The first-order valence-corrected chi connectivity index (χ1v) is 9.67. The Morgan fingerprint density at radius 1 is 1.24 bits per heavy atom. The maximum absolute atomic E-state index is 13.0. The van der Waals surface area contributed by atoms with Gasteiger partial charge in [-0.15, -0.1) is 0 Å². The highest BCUT2D eigenvalue weighted by molar-refractivity contribution is 7.89. The summed E-state index contributed by atoms with van der Waals surface area (Å²) in [5.41, 5.74) is 1.67. The number of sulfonamides is 1. The lowest BCUT2D eigenvalue weighted by molar-refractivity contribution is -0.116. The van der Waals surface area contributed by atoms with Crippen LogP contribution in [0.2, 0.25) is 0 Å². The van der Waals surface area contributed by atoms with Crippen molar-refractivity contribution < 1.29 is 22.7 Å². The van der Waals surface area contributed by atoms with E-state index in [0.29, 0.717) is 19.6 Å². The molecule has 1 heterocycles. The third-order valence-corrected chi connectivity index (χ3v) is 6.23. The van der Waals surface area contributed by atoms with Crippen LogP contribution < -0.4 is 4.90 Å². The third-order valence-electron chi connectivity index (χ3n) is 4.33. The Bertz CT molecular complexity index is 712. The lowest BCUT2D eigenvalue weighted by Gasteiger charge is -2.23. The first-order chi connectivity index (χ1) is 11.8. The van der Waals surface area contributed by atoms with E-state index in [0.717, 1.165) is 11.3 Å². The maximum Gasteiger partial charge on any atom is 0.243 e. The molecule has 25 heavy (non-hydrogen) atoms. The summed E-state index contributed by atoms with van der Waals surface area (Å²) < 4.78 is 37.4. The standard InChI is InChI=1S/C17H26N2O5S/c1-13-11-15-12-16(5-6-17(15)19(13)14(2)20)25(21,22)18(7-9-23-3)8-10-24-4/h5-6,12-13H,7-11H2,1-4H3. The van der Waals surface area contributed by atoms with Gasteiger partial charge >= 0.3 is 0 Å². The summed E-state index contributed by atoms with van der Waals surface area (Å²) in [5.74, 6) is -0.0383. The van der Waals surface area contributed by atoms with Gasteiger partial charge in [-0.25, -0.2) is 8.42 Å². The van der Waals surface area contributed by atoms with Crippen LogP contribution in [0.4, 0.5) is 5.69 Å². The second kappa shape index (κ2) is 8.27. The summed E-state index contributed by atoms with van der Waals surface area (Å²) in [7, 11) is -0.581. The number of ether oxygens (including phenoxy) is 2. The van der Waals surface area contributed by atoms with Crippen molar-refractivity contribution in [3.8, 4) is 0 Å². The minimum Gasteiger partial charge on any atom is -0.383 e. The average molecular weight is 370 g/mol. The Hall–Kier alpha value is -1.48. The number of nitrogens with zero attached hydrogens (tertiary/aromatic N) is 2. The number of methoxy groups -OCH3 is 2. The van der Waals surface area contributed by atoms with Crippen molar-refractivity contribution in [2.75, 3.05) is 45.4 Å².